The molecule has 1 aliphatic rings. The van der Waals surface area contributed by atoms with Gasteiger partial charge < -0.3 is 0 Å². The molecule has 1 fully saturated rings. The van der Waals surface area contributed by atoms with Gasteiger partial charge in [-0.05, 0) is 61.3 Å². The normalized spacial score (nSPS) is 23.1. The van der Waals surface area contributed by atoms with Crippen molar-refractivity contribution >= 4 is 5.78 Å². The van der Waals surface area contributed by atoms with E-state index in [1.54, 1.807) is 0 Å². The highest BCUT2D eigenvalue weighted by Gasteiger charge is 2.27. The predicted octanol–water partition coefficient (Wildman–Crippen LogP) is 4.54. The minimum absolute atomic E-state index is 0.0145. The Hall–Kier alpha value is -1.25. The molecular formula is C17H22F2O. The minimum Gasteiger partial charge on any atom is -0.299 e. The molecule has 1 aliphatic carbocycles. The van der Waals surface area contributed by atoms with Crippen LogP contribution in [-0.4, -0.2) is 5.78 Å². The van der Waals surface area contributed by atoms with Gasteiger partial charge in [-0.2, -0.15) is 0 Å². The van der Waals surface area contributed by atoms with Crippen molar-refractivity contribution in [2.75, 3.05) is 0 Å². The van der Waals surface area contributed by atoms with E-state index in [0.717, 1.165) is 43.9 Å². The largest absolute Gasteiger partial charge is 0.299 e. The van der Waals surface area contributed by atoms with Crippen molar-refractivity contribution < 1.29 is 13.6 Å². The van der Waals surface area contributed by atoms with Crippen LogP contribution in [0.4, 0.5) is 8.78 Å². The van der Waals surface area contributed by atoms with Crippen molar-refractivity contribution in [1.29, 1.82) is 0 Å². The van der Waals surface area contributed by atoms with Gasteiger partial charge in [-0.3, -0.25) is 4.79 Å². The lowest BCUT2D eigenvalue weighted by Gasteiger charge is -2.30. The Balaban J connectivity index is 1.94. The third kappa shape index (κ3) is 3.65. The van der Waals surface area contributed by atoms with Gasteiger partial charge in [0.25, 0.3) is 0 Å². The third-order valence-corrected chi connectivity index (χ3v) is 4.54. The van der Waals surface area contributed by atoms with Crippen LogP contribution in [-0.2, 0) is 11.2 Å². The molecular weight excluding hydrogens is 258 g/mol. The van der Waals surface area contributed by atoms with Gasteiger partial charge in [0.05, 0.1) is 0 Å². The highest BCUT2D eigenvalue weighted by molar-refractivity contribution is 5.83. The van der Waals surface area contributed by atoms with Gasteiger partial charge in [-0.15, -0.1) is 0 Å². The Morgan fingerprint density at radius 3 is 2.45 bits per heavy atom. The van der Waals surface area contributed by atoms with E-state index in [2.05, 4.69) is 13.8 Å². The molecule has 1 nitrogen and oxygen atoms in total. The molecule has 0 bridgehead atoms. The van der Waals surface area contributed by atoms with Crippen LogP contribution < -0.4 is 0 Å². The highest BCUT2D eigenvalue weighted by atomic mass is 19.1. The molecule has 0 aliphatic heterocycles. The van der Waals surface area contributed by atoms with Crippen molar-refractivity contribution in [3.63, 3.8) is 0 Å². The number of hydrogen-bond donors (Lipinski definition) is 0. The smallest absolute Gasteiger partial charge is 0.140 e. The molecule has 3 heteroatoms. The fourth-order valence-electron chi connectivity index (χ4n) is 3.12. The quantitative estimate of drug-likeness (QED) is 0.791. The molecule has 0 atom stereocenters. The fraction of sp³-hybridized carbons (Fsp3) is 0.588. The molecule has 0 unspecified atom stereocenters. The van der Waals surface area contributed by atoms with E-state index in [-0.39, 0.29) is 23.7 Å². The summed E-state index contributed by atoms with van der Waals surface area (Å²) in [7, 11) is 0. The lowest BCUT2D eigenvalue weighted by molar-refractivity contribution is -0.123. The Labute approximate surface area is 119 Å². The second kappa shape index (κ2) is 6.47. The van der Waals surface area contributed by atoms with Crippen molar-refractivity contribution in [3.05, 3.63) is 35.4 Å². The first-order chi connectivity index (χ1) is 9.47. The zero-order chi connectivity index (χ0) is 14.7. The maximum Gasteiger partial charge on any atom is 0.140 e. The van der Waals surface area contributed by atoms with Gasteiger partial charge in [0.1, 0.15) is 17.4 Å². The van der Waals surface area contributed by atoms with Crippen LogP contribution in [0.1, 0.15) is 45.1 Å². The third-order valence-electron chi connectivity index (χ3n) is 4.54. The number of hydrogen-bond acceptors (Lipinski definition) is 1. The summed E-state index contributed by atoms with van der Waals surface area (Å²) in [6.07, 6.45) is 3.93. The molecule has 1 aromatic rings. The number of carbonyl (C=O) groups is 1. The van der Waals surface area contributed by atoms with Crippen LogP contribution in [0.2, 0.25) is 0 Å². The average Bonchev–Trinajstić information content (AvgIpc) is 2.43. The Morgan fingerprint density at radius 1 is 1.20 bits per heavy atom. The fourth-order valence-corrected chi connectivity index (χ4v) is 3.12. The Kier molecular flexibility index (Phi) is 4.90. The molecule has 0 heterocycles. The summed E-state index contributed by atoms with van der Waals surface area (Å²) >= 11 is 0. The van der Waals surface area contributed by atoms with E-state index < -0.39 is 11.6 Å². The van der Waals surface area contributed by atoms with E-state index in [1.807, 2.05) is 0 Å². The zero-order valence-corrected chi connectivity index (χ0v) is 12.2. The van der Waals surface area contributed by atoms with Crippen LogP contribution >= 0.6 is 0 Å². The molecule has 0 spiro atoms. The molecule has 0 aromatic heterocycles. The van der Waals surface area contributed by atoms with Crippen LogP contribution in [0.15, 0.2) is 18.2 Å². The average molecular weight is 280 g/mol. The van der Waals surface area contributed by atoms with Gasteiger partial charge in [0, 0.05) is 12.3 Å². The molecule has 110 valence electrons. The number of carbonyl (C=O) groups excluding carboxylic acids is 1. The number of rotatable bonds is 4. The van der Waals surface area contributed by atoms with E-state index in [9.17, 15) is 13.6 Å². The van der Waals surface area contributed by atoms with E-state index >= 15 is 0 Å². The number of Topliss-reactive ketones (excluding diaryl/α,β-unsaturated/α-hetero) is 1. The monoisotopic (exact) mass is 280 g/mol. The van der Waals surface area contributed by atoms with Crippen molar-refractivity contribution in [2.45, 2.75) is 46.0 Å². The van der Waals surface area contributed by atoms with Crippen LogP contribution in [0.3, 0.4) is 0 Å². The van der Waals surface area contributed by atoms with E-state index in [1.165, 1.54) is 0 Å². The Bertz CT molecular complexity index is 474. The van der Waals surface area contributed by atoms with Crippen molar-refractivity contribution in [1.82, 2.24) is 0 Å². The lowest BCUT2D eigenvalue weighted by atomic mass is 9.75. The molecule has 0 amide bonds. The second-order valence-electron chi connectivity index (χ2n) is 6.23. The first-order valence-electron chi connectivity index (χ1n) is 7.44. The second-order valence-corrected chi connectivity index (χ2v) is 6.23. The number of benzene rings is 1. The molecule has 20 heavy (non-hydrogen) atoms. The molecule has 0 radical (unpaired) electrons. The zero-order valence-electron chi connectivity index (χ0n) is 12.2. The first-order valence-corrected chi connectivity index (χ1v) is 7.44. The van der Waals surface area contributed by atoms with Crippen LogP contribution in [0.25, 0.3) is 0 Å². The molecule has 0 N–H and O–H groups in total. The summed E-state index contributed by atoms with van der Waals surface area (Å²) in [4.78, 5) is 12.2. The molecule has 1 aromatic carbocycles. The van der Waals surface area contributed by atoms with Gasteiger partial charge in [0.15, 0.2) is 0 Å². The maximum atomic E-state index is 13.5. The van der Waals surface area contributed by atoms with Crippen molar-refractivity contribution in [2.24, 2.45) is 17.8 Å². The molecule has 2 rings (SSSR count). The van der Waals surface area contributed by atoms with Gasteiger partial charge >= 0.3 is 0 Å². The van der Waals surface area contributed by atoms with Gasteiger partial charge in [0.2, 0.25) is 0 Å². The molecule has 0 saturated heterocycles. The maximum absolute atomic E-state index is 13.5. The molecule has 1 saturated carbocycles. The number of halogens is 2. The summed E-state index contributed by atoms with van der Waals surface area (Å²) in [5, 5.41) is 0. The van der Waals surface area contributed by atoms with Gasteiger partial charge in [-0.1, -0.05) is 13.8 Å². The summed E-state index contributed by atoms with van der Waals surface area (Å²) < 4.78 is 26.6. The van der Waals surface area contributed by atoms with E-state index in [0.29, 0.717) is 11.8 Å². The summed E-state index contributed by atoms with van der Waals surface area (Å²) in [5.74, 6) is 0.453. The SMILES string of the molecule is CC(C)C1CCC(C(=O)Cc2cc(F)ccc2F)CC1. The topological polar surface area (TPSA) is 17.1 Å². The first kappa shape index (κ1) is 15.1. The summed E-state index contributed by atoms with van der Waals surface area (Å²) in [6, 6.07) is 3.30. The Morgan fingerprint density at radius 2 is 1.85 bits per heavy atom. The predicted molar refractivity (Wildman–Crippen MR) is 75.4 cm³/mol. The lowest BCUT2D eigenvalue weighted by Crippen LogP contribution is -2.25. The number of ketones is 1. The van der Waals surface area contributed by atoms with Crippen molar-refractivity contribution in [3.8, 4) is 0 Å². The highest BCUT2D eigenvalue weighted by Crippen LogP contribution is 2.34. The van der Waals surface area contributed by atoms with E-state index in [4.69, 9.17) is 0 Å². The summed E-state index contributed by atoms with van der Waals surface area (Å²) in [5.41, 5.74) is 0.181. The standard InChI is InChI=1S/C17H22F2O/c1-11(2)12-3-5-13(6-4-12)17(20)10-14-9-15(18)7-8-16(14)19/h7-9,11-13H,3-6,10H2,1-2H3. The van der Waals surface area contributed by atoms with Crippen LogP contribution in [0.5, 0.6) is 0 Å². The van der Waals surface area contributed by atoms with Crippen LogP contribution in [0, 0.1) is 29.4 Å². The summed E-state index contributed by atoms with van der Waals surface area (Å²) in [6.45, 7) is 4.43. The minimum atomic E-state index is -0.490. The van der Waals surface area contributed by atoms with Gasteiger partial charge in [-0.25, -0.2) is 8.78 Å².